The van der Waals surface area contributed by atoms with Crippen molar-refractivity contribution in [3.8, 4) is 0 Å². The average molecular weight is 260 g/mol. The van der Waals surface area contributed by atoms with Crippen LogP contribution in [0.5, 0.6) is 0 Å². The third kappa shape index (κ3) is 2.48. The molecule has 98 valence electrons. The van der Waals surface area contributed by atoms with Crippen molar-refractivity contribution < 1.29 is 4.57 Å². The Hall–Kier alpha value is -2.41. The van der Waals surface area contributed by atoms with Crippen LogP contribution in [0.15, 0.2) is 72.9 Å². The highest BCUT2D eigenvalue weighted by atomic mass is 15.0. The molecule has 0 radical (unpaired) electrons. The quantitative estimate of drug-likeness (QED) is 0.621. The van der Waals surface area contributed by atoms with Crippen LogP contribution in [0.1, 0.15) is 18.2 Å². The van der Waals surface area contributed by atoms with Gasteiger partial charge in [-0.15, -0.1) is 0 Å². The topological polar surface area (TPSA) is 3.88 Å². The molecule has 0 bridgehead atoms. The Balaban J connectivity index is 2.13. The second-order valence-electron chi connectivity index (χ2n) is 4.90. The fourth-order valence-electron chi connectivity index (χ4n) is 2.54. The van der Waals surface area contributed by atoms with E-state index in [9.17, 15) is 0 Å². The van der Waals surface area contributed by atoms with Crippen molar-refractivity contribution in [3.05, 3.63) is 84.2 Å². The molecular formula is C19H18N+. The summed E-state index contributed by atoms with van der Waals surface area (Å²) in [5.41, 5.74) is 2.58. The Kier molecular flexibility index (Phi) is 3.60. The fourth-order valence-corrected chi connectivity index (χ4v) is 2.54. The van der Waals surface area contributed by atoms with Crippen molar-refractivity contribution in [2.75, 3.05) is 0 Å². The first kappa shape index (κ1) is 12.6. The molecule has 2 aromatic carbocycles. The fraction of sp³-hybridized carbons (Fsp3) is 0.105. The summed E-state index contributed by atoms with van der Waals surface area (Å²) in [5, 5.41) is 2.58. The Labute approximate surface area is 119 Å². The highest BCUT2D eigenvalue weighted by Crippen LogP contribution is 2.17. The van der Waals surface area contributed by atoms with Gasteiger partial charge in [-0.1, -0.05) is 54.6 Å². The Morgan fingerprint density at radius 2 is 1.65 bits per heavy atom. The summed E-state index contributed by atoms with van der Waals surface area (Å²) >= 11 is 0. The van der Waals surface area contributed by atoms with E-state index >= 15 is 0 Å². The highest BCUT2D eigenvalue weighted by Gasteiger charge is 2.12. The molecule has 0 unspecified atom stereocenters. The first-order chi connectivity index (χ1) is 9.88. The molecular weight excluding hydrogens is 242 g/mol. The highest BCUT2D eigenvalue weighted by molar-refractivity contribution is 5.87. The van der Waals surface area contributed by atoms with Crippen molar-refractivity contribution in [1.29, 1.82) is 0 Å². The van der Waals surface area contributed by atoms with E-state index in [1.165, 1.54) is 22.0 Å². The van der Waals surface area contributed by atoms with E-state index in [1.807, 2.05) is 0 Å². The summed E-state index contributed by atoms with van der Waals surface area (Å²) in [5.74, 6) is 0. The summed E-state index contributed by atoms with van der Waals surface area (Å²) in [6.07, 6.45) is 6.46. The number of rotatable bonds is 3. The van der Waals surface area contributed by atoms with Gasteiger partial charge in [0.25, 0.3) is 0 Å². The molecule has 3 aromatic rings. The molecule has 0 N–H and O–H groups in total. The van der Waals surface area contributed by atoms with Gasteiger partial charge in [0.05, 0.1) is 5.39 Å². The lowest BCUT2D eigenvalue weighted by Gasteiger charge is -2.05. The molecule has 1 heterocycles. The second kappa shape index (κ2) is 5.70. The third-order valence-electron chi connectivity index (χ3n) is 3.50. The van der Waals surface area contributed by atoms with Gasteiger partial charge >= 0.3 is 0 Å². The molecule has 1 nitrogen and oxygen atoms in total. The van der Waals surface area contributed by atoms with Gasteiger partial charge < -0.3 is 0 Å². The molecule has 20 heavy (non-hydrogen) atoms. The number of hydrogen-bond donors (Lipinski definition) is 0. The third-order valence-corrected chi connectivity index (χ3v) is 3.50. The first-order valence-corrected chi connectivity index (χ1v) is 6.96. The van der Waals surface area contributed by atoms with Crippen LogP contribution in [0, 0.1) is 0 Å². The molecule has 0 fully saturated rings. The van der Waals surface area contributed by atoms with Gasteiger partial charge in [0.15, 0.2) is 12.7 Å². The maximum atomic E-state index is 2.30. The summed E-state index contributed by atoms with van der Waals surface area (Å²) in [6.45, 7) is 2.96. The van der Waals surface area contributed by atoms with Crippen LogP contribution in [0.25, 0.3) is 16.8 Å². The molecule has 0 spiro atoms. The molecule has 0 saturated heterocycles. The molecule has 1 heteroatoms. The normalized spacial score (nSPS) is 11.2. The number of pyridine rings is 1. The molecule has 0 aliphatic heterocycles. The second-order valence-corrected chi connectivity index (χ2v) is 4.90. The van der Waals surface area contributed by atoms with Crippen molar-refractivity contribution in [1.82, 2.24) is 0 Å². The van der Waals surface area contributed by atoms with Gasteiger partial charge in [0.1, 0.15) is 0 Å². The van der Waals surface area contributed by atoms with E-state index in [0.29, 0.717) is 0 Å². The smallest absolute Gasteiger partial charge is 0.194 e. The van der Waals surface area contributed by atoms with Gasteiger partial charge in [-0.05, 0) is 18.4 Å². The van der Waals surface area contributed by atoms with Crippen LogP contribution >= 0.6 is 0 Å². The zero-order chi connectivity index (χ0) is 13.8. The van der Waals surface area contributed by atoms with Crippen molar-refractivity contribution in [2.24, 2.45) is 0 Å². The molecule has 0 aliphatic carbocycles. The standard InChI is InChI=1S/C19H18N/c1-2-8-19-18-12-7-6-11-17(18)13-14-20(19)15-16-9-4-3-5-10-16/h2-14H,15H2,1H3/q+1. The van der Waals surface area contributed by atoms with Crippen molar-refractivity contribution in [2.45, 2.75) is 13.5 Å². The number of nitrogens with zero attached hydrogens (tertiary/aromatic N) is 1. The van der Waals surface area contributed by atoms with Gasteiger partial charge in [0, 0.05) is 17.7 Å². The van der Waals surface area contributed by atoms with Crippen LogP contribution in [-0.2, 0) is 6.54 Å². The number of fused-ring (bicyclic) bond motifs is 1. The maximum Gasteiger partial charge on any atom is 0.213 e. The van der Waals surface area contributed by atoms with E-state index in [1.54, 1.807) is 0 Å². The van der Waals surface area contributed by atoms with Crippen LogP contribution in [0.4, 0.5) is 0 Å². The zero-order valence-electron chi connectivity index (χ0n) is 11.7. The lowest BCUT2D eigenvalue weighted by Crippen LogP contribution is -2.37. The summed E-state index contributed by atoms with van der Waals surface area (Å²) in [6, 6.07) is 21.3. The van der Waals surface area contributed by atoms with Crippen LogP contribution < -0.4 is 4.57 Å². The van der Waals surface area contributed by atoms with E-state index in [-0.39, 0.29) is 0 Å². The minimum Gasteiger partial charge on any atom is -0.194 e. The van der Waals surface area contributed by atoms with Crippen molar-refractivity contribution >= 4 is 16.8 Å². The summed E-state index contributed by atoms with van der Waals surface area (Å²) in [7, 11) is 0. The van der Waals surface area contributed by atoms with E-state index in [2.05, 4.69) is 90.5 Å². The number of benzene rings is 2. The SMILES string of the molecule is CC=Cc1c2ccccc2cc[n+]1Cc1ccccc1. The summed E-state index contributed by atoms with van der Waals surface area (Å²) in [4.78, 5) is 0. The van der Waals surface area contributed by atoms with Crippen molar-refractivity contribution in [3.63, 3.8) is 0 Å². The Morgan fingerprint density at radius 1 is 0.900 bits per heavy atom. The van der Waals surface area contributed by atoms with Gasteiger partial charge in [0.2, 0.25) is 5.69 Å². The first-order valence-electron chi connectivity index (χ1n) is 6.96. The lowest BCUT2D eigenvalue weighted by molar-refractivity contribution is -0.688. The Morgan fingerprint density at radius 3 is 2.45 bits per heavy atom. The van der Waals surface area contributed by atoms with E-state index in [0.717, 1.165) is 6.54 Å². The number of hydrogen-bond acceptors (Lipinski definition) is 0. The minimum atomic E-state index is 0.894. The molecule has 0 aliphatic rings. The van der Waals surface area contributed by atoms with Crippen LogP contribution in [0.3, 0.4) is 0 Å². The van der Waals surface area contributed by atoms with Gasteiger partial charge in [-0.25, -0.2) is 0 Å². The molecule has 3 rings (SSSR count). The van der Waals surface area contributed by atoms with Gasteiger partial charge in [-0.3, -0.25) is 0 Å². The molecule has 0 saturated carbocycles. The average Bonchev–Trinajstić information content (AvgIpc) is 2.51. The maximum absolute atomic E-state index is 2.30. The predicted octanol–water partition coefficient (Wildman–Crippen LogP) is 4.21. The lowest BCUT2D eigenvalue weighted by atomic mass is 10.1. The van der Waals surface area contributed by atoms with Gasteiger partial charge in [-0.2, -0.15) is 4.57 Å². The zero-order valence-corrected chi connectivity index (χ0v) is 11.7. The molecule has 0 atom stereocenters. The predicted molar refractivity (Wildman–Crippen MR) is 84.4 cm³/mol. The number of allylic oxidation sites excluding steroid dienone is 1. The summed E-state index contributed by atoms with van der Waals surface area (Å²) < 4.78 is 2.30. The van der Waals surface area contributed by atoms with Crippen LogP contribution in [-0.4, -0.2) is 0 Å². The largest absolute Gasteiger partial charge is 0.213 e. The minimum absolute atomic E-state index is 0.894. The monoisotopic (exact) mass is 260 g/mol. The van der Waals surface area contributed by atoms with Crippen LogP contribution in [0.2, 0.25) is 0 Å². The molecule has 0 amide bonds. The van der Waals surface area contributed by atoms with E-state index in [4.69, 9.17) is 0 Å². The van der Waals surface area contributed by atoms with E-state index < -0.39 is 0 Å². The number of aromatic nitrogens is 1. The molecule has 1 aromatic heterocycles. The Bertz CT molecular complexity index is 742.